The summed E-state index contributed by atoms with van der Waals surface area (Å²) in [7, 11) is -2.16. The van der Waals surface area contributed by atoms with E-state index in [1.165, 1.54) is 13.2 Å². The largest absolute Gasteiger partial charge is 0.493 e. The second kappa shape index (κ2) is 16.8. The third-order valence-corrected chi connectivity index (χ3v) is 7.61. The Balaban J connectivity index is 2.25. The van der Waals surface area contributed by atoms with Gasteiger partial charge in [-0.1, -0.05) is 51.8 Å². The van der Waals surface area contributed by atoms with Crippen molar-refractivity contribution in [3.63, 3.8) is 0 Å². The van der Waals surface area contributed by atoms with Crippen LogP contribution in [0.1, 0.15) is 82.1 Å². The second-order valence-electron chi connectivity index (χ2n) is 9.46. The molecule has 0 aromatic heterocycles. The maximum atomic E-state index is 12.4. The first-order valence-corrected chi connectivity index (χ1v) is 15.7. The van der Waals surface area contributed by atoms with Crippen LogP contribution >= 0.6 is 0 Å². The number of carboxylic acids is 1. The number of methoxy groups -OCH3 is 1. The minimum Gasteiger partial charge on any atom is -0.493 e. The number of ether oxygens (including phenoxy) is 3. The van der Waals surface area contributed by atoms with Gasteiger partial charge < -0.3 is 23.5 Å². The number of hydrogen-bond donors (Lipinski definition) is 1. The van der Waals surface area contributed by atoms with Gasteiger partial charge in [-0.2, -0.15) is 8.42 Å². The zero-order valence-corrected chi connectivity index (χ0v) is 25.3. The molecule has 0 amide bonds. The van der Waals surface area contributed by atoms with E-state index in [1.807, 2.05) is 38.1 Å². The first-order chi connectivity index (χ1) is 19.2. The minimum atomic E-state index is -3.69. The minimum absolute atomic E-state index is 0.0314. The highest BCUT2D eigenvalue weighted by Crippen LogP contribution is 2.36. The van der Waals surface area contributed by atoms with E-state index in [4.69, 9.17) is 18.4 Å². The van der Waals surface area contributed by atoms with Crippen LogP contribution in [0.3, 0.4) is 0 Å². The summed E-state index contributed by atoms with van der Waals surface area (Å²) < 4.78 is 47.1. The lowest BCUT2D eigenvalue weighted by molar-refractivity contribution is -0.136. The van der Waals surface area contributed by atoms with Gasteiger partial charge in [0.25, 0.3) is 0 Å². The van der Waals surface area contributed by atoms with E-state index in [0.717, 1.165) is 61.0 Å². The fourth-order valence-corrected chi connectivity index (χ4v) is 5.46. The predicted octanol–water partition coefficient (Wildman–Crippen LogP) is 6.58. The predicted molar refractivity (Wildman–Crippen MR) is 158 cm³/mol. The van der Waals surface area contributed by atoms with Gasteiger partial charge in [0.15, 0.2) is 11.5 Å². The molecule has 0 aliphatic carbocycles. The number of hydrogen-bond acceptors (Lipinski definition) is 7. The molecule has 222 valence electrons. The highest BCUT2D eigenvalue weighted by molar-refractivity contribution is 7.87. The van der Waals surface area contributed by atoms with E-state index in [0.29, 0.717) is 30.8 Å². The maximum Gasteiger partial charge on any atom is 0.371 e. The van der Waals surface area contributed by atoms with Gasteiger partial charge in [0.2, 0.25) is 5.76 Å². The molecule has 0 heterocycles. The molecule has 0 unspecified atom stereocenters. The van der Waals surface area contributed by atoms with Gasteiger partial charge in [-0.25, -0.2) is 4.79 Å². The van der Waals surface area contributed by atoms with Crippen molar-refractivity contribution in [3.05, 3.63) is 58.3 Å². The molecule has 0 aliphatic heterocycles. The molecule has 40 heavy (non-hydrogen) atoms. The third-order valence-electron chi connectivity index (χ3n) is 6.39. The SMILES string of the molecule is CCCCOc1cc(/C=C(\OCC)C(=O)O)ccc1CCCc1ccc(OS(=O)(=O)CCCC)c(OC)c1CC. The fraction of sp³-hybridized carbons (Fsp3) is 0.516. The molecular weight excluding hydrogens is 532 g/mol. The van der Waals surface area contributed by atoms with Crippen LogP contribution in [0.25, 0.3) is 6.08 Å². The molecule has 0 radical (unpaired) electrons. The highest BCUT2D eigenvalue weighted by atomic mass is 32.2. The summed E-state index contributed by atoms with van der Waals surface area (Å²) >= 11 is 0. The van der Waals surface area contributed by atoms with E-state index < -0.39 is 16.1 Å². The molecule has 0 saturated heterocycles. The first-order valence-electron chi connectivity index (χ1n) is 14.1. The summed E-state index contributed by atoms with van der Waals surface area (Å²) in [6, 6.07) is 9.29. The van der Waals surface area contributed by atoms with E-state index >= 15 is 0 Å². The molecule has 0 spiro atoms. The van der Waals surface area contributed by atoms with Gasteiger partial charge in [0.05, 0.1) is 26.1 Å². The number of benzene rings is 2. The smallest absolute Gasteiger partial charge is 0.371 e. The number of aryl methyl sites for hydroxylation is 2. The van der Waals surface area contributed by atoms with Crippen molar-refractivity contribution in [3.8, 4) is 17.2 Å². The second-order valence-corrected chi connectivity index (χ2v) is 11.1. The quantitative estimate of drug-likeness (QED) is 0.0864. The van der Waals surface area contributed by atoms with Crippen molar-refractivity contribution in [2.45, 2.75) is 79.1 Å². The summed E-state index contributed by atoms with van der Waals surface area (Å²) in [4.78, 5) is 11.5. The Hall–Kier alpha value is -3.20. The van der Waals surface area contributed by atoms with Gasteiger partial charge in [-0.15, -0.1) is 0 Å². The van der Waals surface area contributed by atoms with Crippen LogP contribution in [0, 0.1) is 0 Å². The van der Waals surface area contributed by atoms with Crippen LogP contribution in [0.15, 0.2) is 36.1 Å². The van der Waals surface area contributed by atoms with Crippen molar-refractivity contribution in [2.24, 2.45) is 0 Å². The van der Waals surface area contributed by atoms with Gasteiger partial charge in [-0.05, 0) is 80.3 Å². The van der Waals surface area contributed by atoms with Crippen LogP contribution in [0.5, 0.6) is 17.2 Å². The van der Waals surface area contributed by atoms with Crippen LogP contribution in [-0.4, -0.2) is 45.6 Å². The molecule has 0 atom stereocenters. The van der Waals surface area contributed by atoms with E-state index in [9.17, 15) is 18.3 Å². The lowest BCUT2D eigenvalue weighted by Crippen LogP contribution is -2.15. The van der Waals surface area contributed by atoms with E-state index in [-0.39, 0.29) is 23.9 Å². The van der Waals surface area contributed by atoms with Gasteiger partial charge >= 0.3 is 16.1 Å². The third kappa shape index (κ3) is 10.1. The summed E-state index contributed by atoms with van der Waals surface area (Å²) in [6.45, 7) is 8.63. The Morgan fingerprint density at radius 1 is 0.925 bits per heavy atom. The fourth-order valence-electron chi connectivity index (χ4n) is 4.33. The molecule has 0 aliphatic rings. The molecule has 2 rings (SSSR count). The van der Waals surface area contributed by atoms with E-state index in [2.05, 4.69) is 6.92 Å². The van der Waals surface area contributed by atoms with Crippen LogP contribution in [0.4, 0.5) is 0 Å². The molecule has 8 nitrogen and oxygen atoms in total. The number of carbonyl (C=O) groups is 1. The Morgan fingerprint density at radius 2 is 1.62 bits per heavy atom. The summed E-state index contributed by atoms with van der Waals surface area (Å²) in [5.74, 6) is 0.164. The maximum absolute atomic E-state index is 12.4. The first kappa shape index (κ1) is 33.0. The molecule has 1 N–H and O–H groups in total. The van der Waals surface area contributed by atoms with Gasteiger partial charge in [0, 0.05) is 5.56 Å². The average Bonchev–Trinajstić information content (AvgIpc) is 2.92. The Morgan fingerprint density at radius 3 is 2.25 bits per heavy atom. The Labute approximate surface area is 239 Å². The Kier molecular flexibility index (Phi) is 13.9. The number of unbranched alkanes of at least 4 members (excludes halogenated alkanes) is 2. The zero-order chi connectivity index (χ0) is 29.5. The lowest BCUT2D eigenvalue weighted by atomic mass is 9.96. The number of carboxylic acid groups (broad SMARTS) is 1. The van der Waals surface area contributed by atoms with E-state index in [1.54, 1.807) is 13.0 Å². The molecule has 2 aromatic carbocycles. The molecule has 9 heteroatoms. The van der Waals surface area contributed by atoms with Gasteiger partial charge in [0.1, 0.15) is 5.75 Å². The number of aliphatic carboxylic acids is 1. The topological polar surface area (TPSA) is 108 Å². The van der Waals surface area contributed by atoms with Crippen molar-refractivity contribution in [2.75, 3.05) is 26.1 Å². The van der Waals surface area contributed by atoms with Crippen molar-refractivity contribution in [1.82, 2.24) is 0 Å². The molecule has 0 fully saturated rings. The average molecular weight is 577 g/mol. The van der Waals surface area contributed by atoms with Crippen LogP contribution in [-0.2, 0) is 38.9 Å². The van der Waals surface area contributed by atoms with Crippen LogP contribution < -0.4 is 13.7 Å². The summed E-state index contributed by atoms with van der Waals surface area (Å²) in [5, 5.41) is 9.40. The zero-order valence-electron chi connectivity index (χ0n) is 24.5. The van der Waals surface area contributed by atoms with Crippen molar-refractivity contribution in [1.29, 1.82) is 0 Å². The highest BCUT2D eigenvalue weighted by Gasteiger charge is 2.20. The Bertz CT molecular complexity index is 1230. The molecular formula is C31H44O8S. The molecule has 0 bridgehead atoms. The summed E-state index contributed by atoms with van der Waals surface area (Å²) in [5.41, 5.74) is 3.74. The van der Waals surface area contributed by atoms with Crippen molar-refractivity contribution < 1.29 is 36.7 Å². The standard InChI is InChI=1S/C31H44O8S/c1-6-10-19-38-28-21-23(22-29(31(32)33)37-9-4)15-16-25(28)14-12-13-24-17-18-27(30(36-5)26(24)8-3)39-40(34,35)20-11-7-2/h15-18,21-22H,6-14,19-20H2,1-5H3,(H,32,33)/b29-22-. The molecule has 2 aromatic rings. The lowest BCUT2D eigenvalue weighted by Gasteiger charge is -2.17. The number of rotatable bonds is 19. The molecule has 0 saturated carbocycles. The summed E-state index contributed by atoms with van der Waals surface area (Å²) in [6.07, 6.45) is 7.73. The van der Waals surface area contributed by atoms with Crippen molar-refractivity contribution >= 4 is 22.2 Å². The normalized spacial score (nSPS) is 11.8. The van der Waals surface area contributed by atoms with Gasteiger partial charge in [-0.3, -0.25) is 0 Å². The monoisotopic (exact) mass is 576 g/mol. The van der Waals surface area contributed by atoms with Crippen LogP contribution in [0.2, 0.25) is 0 Å².